The topological polar surface area (TPSA) is 54.5 Å². The molecule has 0 aliphatic carbocycles. The summed E-state index contributed by atoms with van der Waals surface area (Å²) in [6.07, 6.45) is 1.24. The van der Waals surface area contributed by atoms with E-state index in [2.05, 4.69) is 0 Å². The lowest BCUT2D eigenvalue weighted by atomic mass is 10.0. The van der Waals surface area contributed by atoms with E-state index in [-0.39, 0.29) is 11.7 Å². The zero-order valence-electron chi connectivity index (χ0n) is 11.3. The Kier molecular flexibility index (Phi) is 4.06. The third-order valence-corrected chi connectivity index (χ3v) is 5.36. The van der Waals surface area contributed by atoms with E-state index in [1.807, 2.05) is 6.92 Å². The monoisotopic (exact) mass is 281 g/mol. The molecule has 4 nitrogen and oxygen atoms in total. The number of hydrogen-bond acceptors (Lipinski definition) is 3. The van der Waals surface area contributed by atoms with Crippen molar-refractivity contribution in [1.82, 2.24) is 4.31 Å². The summed E-state index contributed by atoms with van der Waals surface area (Å²) in [5.74, 6) is 0.289. The molecule has 0 radical (unpaired) electrons. The van der Waals surface area contributed by atoms with Gasteiger partial charge in [0.25, 0.3) is 0 Å². The fourth-order valence-corrected chi connectivity index (χ4v) is 3.98. The van der Waals surface area contributed by atoms with E-state index in [1.165, 1.54) is 4.31 Å². The Hall–Kier alpha value is -1.20. The minimum atomic E-state index is -3.40. The lowest BCUT2D eigenvalue weighted by Gasteiger charge is -2.16. The maximum atomic E-state index is 12.4. The van der Waals surface area contributed by atoms with Crippen molar-refractivity contribution in [2.75, 3.05) is 13.1 Å². The molecule has 19 heavy (non-hydrogen) atoms. The SMILES string of the molecule is CC(=O)CC1CCN(S(=O)(=O)c2ccc(C)cc2)C1. The highest BCUT2D eigenvalue weighted by atomic mass is 32.2. The summed E-state index contributed by atoms with van der Waals surface area (Å²) in [4.78, 5) is 11.4. The molecule has 2 rings (SSSR count). The fourth-order valence-electron chi connectivity index (χ4n) is 2.45. The molecule has 0 saturated carbocycles. The Balaban J connectivity index is 2.13. The predicted octanol–water partition coefficient (Wildman–Crippen LogP) is 1.98. The third-order valence-electron chi connectivity index (χ3n) is 3.48. The van der Waals surface area contributed by atoms with Gasteiger partial charge in [0, 0.05) is 19.5 Å². The molecule has 0 spiro atoms. The lowest BCUT2D eigenvalue weighted by molar-refractivity contribution is -0.117. The fraction of sp³-hybridized carbons (Fsp3) is 0.500. The normalized spacial score (nSPS) is 20.6. The average molecular weight is 281 g/mol. The van der Waals surface area contributed by atoms with E-state index in [9.17, 15) is 13.2 Å². The summed E-state index contributed by atoms with van der Waals surface area (Å²) in [5, 5.41) is 0. The van der Waals surface area contributed by atoms with Crippen LogP contribution in [-0.4, -0.2) is 31.6 Å². The molecule has 0 amide bonds. The van der Waals surface area contributed by atoms with Crippen molar-refractivity contribution in [3.8, 4) is 0 Å². The average Bonchev–Trinajstić information content (AvgIpc) is 2.78. The van der Waals surface area contributed by atoms with Gasteiger partial charge in [-0.2, -0.15) is 4.31 Å². The number of ketones is 1. The molecule has 1 aliphatic rings. The predicted molar refractivity (Wildman–Crippen MR) is 73.3 cm³/mol. The second-order valence-corrected chi connectivity index (χ2v) is 7.17. The highest BCUT2D eigenvalue weighted by Gasteiger charge is 2.32. The van der Waals surface area contributed by atoms with Crippen molar-refractivity contribution < 1.29 is 13.2 Å². The molecule has 104 valence electrons. The number of carbonyl (C=O) groups is 1. The molecule has 0 bridgehead atoms. The molecular formula is C14H19NO3S. The molecule has 1 unspecified atom stereocenters. The smallest absolute Gasteiger partial charge is 0.243 e. The summed E-state index contributed by atoms with van der Waals surface area (Å²) in [6, 6.07) is 6.89. The van der Waals surface area contributed by atoms with Crippen LogP contribution >= 0.6 is 0 Å². The van der Waals surface area contributed by atoms with Gasteiger partial charge < -0.3 is 4.79 Å². The molecule has 0 N–H and O–H groups in total. The van der Waals surface area contributed by atoms with Gasteiger partial charge in [-0.05, 0) is 38.3 Å². The maximum absolute atomic E-state index is 12.4. The van der Waals surface area contributed by atoms with Gasteiger partial charge >= 0.3 is 0 Å². The van der Waals surface area contributed by atoms with E-state index in [1.54, 1.807) is 31.2 Å². The van der Waals surface area contributed by atoms with Gasteiger partial charge in [-0.15, -0.1) is 0 Å². The summed E-state index contributed by atoms with van der Waals surface area (Å²) in [5.41, 5.74) is 1.04. The van der Waals surface area contributed by atoms with Crippen LogP contribution in [0.3, 0.4) is 0 Å². The Morgan fingerprint density at radius 2 is 1.95 bits per heavy atom. The van der Waals surface area contributed by atoms with Crippen molar-refractivity contribution >= 4 is 15.8 Å². The minimum Gasteiger partial charge on any atom is -0.300 e. The first-order valence-corrected chi connectivity index (χ1v) is 7.90. The molecule has 1 fully saturated rings. The van der Waals surface area contributed by atoms with Crippen molar-refractivity contribution in [3.05, 3.63) is 29.8 Å². The molecule has 1 saturated heterocycles. The van der Waals surface area contributed by atoms with E-state index < -0.39 is 10.0 Å². The summed E-state index contributed by atoms with van der Waals surface area (Å²) < 4.78 is 26.3. The van der Waals surface area contributed by atoms with Gasteiger partial charge in [-0.25, -0.2) is 8.42 Å². The van der Waals surface area contributed by atoms with Crippen LogP contribution in [0.5, 0.6) is 0 Å². The number of rotatable bonds is 4. The third kappa shape index (κ3) is 3.22. The molecule has 1 atom stereocenters. The summed E-state index contributed by atoms with van der Waals surface area (Å²) in [7, 11) is -3.40. The second kappa shape index (κ2) is 5.43. The minimum absolute atomic E-state index is 0.125. The van der Waals surface area contributed by atoms with Crippen LogP contribution in [0.2, 0.25) is 0 Å². The zero-order chi connectivity index (χ0) is 14.0. The first-order chi connectivity index (χ1) is 8.89. The van der Waals surface area contributed by atoms with Gasteiger partial charge in [0.05, 0.1) is 4.90 Å². The lowest BCUT2D eigenvalue weighted by Crippen LogP contribution is -2.29. The first-order valence-electron chi connectivity index (χ1n) is 6.46. The number of aryl methyl sites for hydroxylation is 1. The summed E-state index contributed by atoms with van der Waals surface area (Å²) >= 11 is 0. The van der Waals surface area contributed by atoms with E-state index in [0.717, 1.165) is 12.0 Å². The highest BCUT2D eigenvalue weighted by molar-refractivity contribution is 7.89. The van der Waals surface area contributed by atoms with Crippen LogP contribution in [-0.2, 0) is 14.8 Å². The largest absolute Gasteiger partial charge is 0.300 e. The highest BCUT2D eigenvalue weighted by Crippen LogP contribution is 2.26. The van der Waals surface area contributed by atoms with Crippen molar-refractivity contribution in [2.45, 2.75) is 31.6 Å². The van der Waals surface area contributed by atoms with Gasteiger partial charge in [0.15, 0.2) is 0 Å². The van der Waals surface area contributed by atoms with Gasteiger partial charge in [-0.3, -0.25) is 0 Å². The Bertz CT molecular complexity index is 563. The zero-order valence-corrected chi connectivity index (χ0v) is 12.1. The Morgan fingerprint density at radius 1 is 1.32 bits per heavy atom. The van der Waals surface area contributed by atoms with Crippen LogP contribution in [0.25, 0.3) is 0 Å². The number of benzene rings is 1. The second-order valence-electron chi connectivity index (χ2n) is 5.24. The molecule has 1 aliphatic heterocycles. The maximum Gasteiger partial charge on any atom is 0.243 e. The Morgan fingerprint density at radius 3 is 2.53 bits per heavy atom. The summed E-state index contributed by atoms with van der Waals surface area (Å²) in [6.45, 7) is 4.44. The molecule has 1 aromatic rings. The van der Waals surface area contributed by atoms with Crippen molar-refractivity contribution in [3.63, 3.8) is 0 Å². The quantitative estimate of drug-likeness (QED) is 0.848. The van der Waals surface area contributed by atoms with Gasteiger partial charge in [-0.1, -0.05) is 17.7 Å². The number of carbonyl (C=O) groups excluding carboxylic acids is 1. The number of sulfonamides is 1. The number of nitrogens with zero attached hydrogens (tertiary/aromatic N) is 1. The molecule has 1 heterocycles. The van der Waals surface area contributed by atoms with E-state index in [4.69, 9.17) is 0 Å². The molecular weight excluding hydrogens is 262 g/mol. The standard InChI is InChI=1S/C14H19NO3S/c1-11-3-5-14(6-4-11)19(17,18)15-8-7-13(10-15)9-12(2)16/h3-6,13H,7-10H2,1-2H3. The van der Waals surface area contributed by atoms with Crippen LogP contribution in [0.1, 0.15) is 25.3 Å². The molecule has 5 heteroatoms. The van der Waals surface area contributed by atoms with Gasteiger partial charge in [0.1, 0.15) is 5.78 Å². The van der Waals surface area contributed by atoms with Crippen LogP contribution in [0.4, 0.5) is 0 Å². The van der Waals surface area contributed by atoms with E-state index in [0.29, 0.717) is 24.4 Å². The van der Waals surface area contributed by atoms with E-state index >= 15 is 0 Å². The van der Waals surface area contributed by atoms with Crippen molar-refractivity contribution in [1.29, 1.82) is 0 Å². The molecule has 1 aromatic carbocycles. The van der Waals surface area contributed by atoms with Crippen molar-refractivity contribution in [2.24, 2.45) is 5.92 Å². The van der Waals surface area contributed by atoms with Crippen LogP contribution in [0.15, 0.2) is 29.2 Å². The van der Waals surface area contributed by atoms with Crippen LogP contribution < -0.4 is 0 Å². The number of Topliss-reactive ketones (excluding diaryl/α,β-unsaturated/α-hetero) is 1. The number of hydrogen-bond donors (Lipinski definition) is 0. The Labute approximate surface area is 114 Å². The molecule has 0 aromatic heterocycles. The van der Waals surface area contributed by atoms with Crippen LogP contribution in [0, 0.1) is 12.8 Å². The van der Waals surface area contributed by atoms with Gasteiger partial charge in [0.2, 0.25) is 10.0 Å². The first kappa shape index (κ1) is 14.2.